The van der Waals surface area contributed by atoms with E-state index < -0.39 is 5.92 Å². The lowest BCUT2D eigenvalue weighted by Gasteiger charge is -2.25. The van der Waals surface area contributed by atoms with Gasteiger partial charge >= 0.3 is 0 Å². The summed E-state index contributed by atoms with van der Waals surface area (Å²) in [5, 5.41) is 2.88. The second-order valence-corrected chi connectivity index (χ2v) is 6.59. The number of methoxy groups -OCH3 is 2. The minimum atomic E-state index is -0.403. The number of nitrogens with zero attached hydrogens (tertiary/aromatic N) is 1. The first-order chi connectivity index (χ1) is 13.0. The fourth-order valence-electron chi connectivity index (χ4n) is 3.34. The maximum Gasteiger partial charge on any atom is 0.229 e. The van der Waals surface area contributed by atoms with Crippen LogP contribution in [0, 0.1) is 5.92 Å². The van der Waals surface area contributed by atoms with Crippen LogP contribution in [0.4, 0.5) is 5.69 Å². The minimum Gasteiger partial charge on any atom is -0.497 e. The maximum atomic E-state index is 12.7. The molecule has 0 radical (unpaired) electrons. The molecule has 6 nitrogen and oxygen atoms in total. The number of hydrogen-bond donors (Lipinski definition) is 1. The quantitative estimate of drug-likeness (QED) is 0.850. The third-order valence-electron chi connectivity index (χ3n) is 4.94. The molecule has 0 unspecified atom stereocenters. The zero-order chi connectivity index (χ0) is 19.4. The standard InChI is InChI=1S/C21H24N2O4/c1-14(15-7-5-4-6-8-15)23-13-16(11-20(23)24)21(25)22-18-12-17(26-2)9-10-19(18)27-3/h4-10,12,14,16H,11,13H2,1-3H3,(H,22,25)/t14-,16-/m1/s1. The summed E-state index contributed by atoms with van der Waals surface area (Å²) in [6, 6.07) is 15.0. The molecule has 142 valence electrons. The van der Waals surface area contributed by atoms with E-state index >= 15 is 0 Å². The molecule has 6 heteroatoms. The molecule has 2 aromatic rings. The van der Waals surface area contributed by atoms with Crippen LogP contribution in [-0.2, 0) is 9.59 Å². The molecule has 0 bridgehead atoms. The van der Waals surface area contributed by atoms with E-state index in [1.54, 1.807) is 37.3 Å². The molecular formula is C21H24N2O4. The van der Waals surface area contributed by atoms with Crippen molar-refractivity contribution in [2.24, 2.45) is 5.92 Å². The van der Waals surface area contributed by atoms with E-state index in [2.05, 4.69) is 5.32 Å². The molecule has 2 aromatic carbocycles. The van der Waals surface area contributed by atoms with Crippen LogP contribution in [0.3, 0.4) is 0 Å². The van der Waals surface area contributed by atoms with Crippen molar-refractivity contribution in [1.29, 1.82) is 0 Å². The normalized spacial score (nSPS) is 17.5. The highest BCUT2D eigenvalue weighted by Gasteiger charge is 2.37. The molecule has 1 aliphatic rings. The predicted octanol–water partition coefficient (Wildman–Crippen LogP) is 3.25. The molecule has 1 heterocycles. The number of amides is 2. The van der Waals surface area contributed by atoms with Crippen molar-refractivity contribution in [2.75, 3.05) is 26.1 Å². The highest BCUT2D eigenvalue weighted by Crippen LogP contribution is 2.32. The van der Waals surface area contributed by atoms with Crippen molar-refractivity contribution in [2.45, 2.75) is 19.4 Å². The lowest BCUT2D eigenvalue weighted by Crippen LogP contribution is -2.30. The number of hydrogen-bond acceptors (Lipinski definition) is 4. The summed E-state index contributed by atoms with van der Waals surface area (Å²) < 4.78 is 10.5. The summed E-state index contributed by atoms with van der Waals surface area (Å²) in [7, 11) is 3.10. The van der Waals surface area contributed by atoms with Crippen LogP contribution in [-0.4, -0.2) is 37.5 Å². The molecular weight excluding hydrogens is 344 g/mol. The molecule has 2 atom stereocenters. The first kappa shape index (κ1) is 18.8. The fraction of sp³-hybridized carbons (Fsp3) is 0.333. The van der Waals surface area contributed by atoms with Crippen LogP contribution in [0.25, 0.3) is 0 Å². The van der Waals surface area contributed by atoms with E-state index in [4.69, 9.17) is 9.47 Å². The van der Waals surface area contributed by atoms with E-state index in [1.165, 1.54) is 0 Å². The Morgan fingerprint density at radius 1 is 1.15 bits per heavy atom. The van der Waals surface area contributed by atoms with Crippen molar-refractivity contribution in [3.05, 3.63) is 54.1 Å². The van der Waals surface area contributed by atoms with Gasteiger partial charge in [0.1, 0.15) is 11.5 Å². The first-order valence-electron chi connectivity index (χ1n) is 8.90. The van der Waals surface area contributed by atoms with Crippen molar-refractivity contribution in [3.8, 4) is 11.5 Å². The third-order valence-corrected chi connectivity index (χ3v) is 4.94. The van der Waals surface area contributed by atoms with Gasteiger partial charge in [-0.05, 0) is 24.6 Å². The third kappa shape index (κ3) is 4.05. The molecule has 27 heavy (non-hydrogen) atoms. The van der Waals surface area contributed by atoms with Gasteiger partial charge in [-0.1, -0.05) is 30.3 Å². The van der Waals surface area contributed by atoms with Crippen molar-refractivity contribution in [1.82, 2.24) is 4.90 Å². The van der Waals surface area contributed by atoms with Crippen molar-refractivity contribution < 1.29 is 19.1 Å². The molecule has 0 spiro atoms. The number of benzene rings is 2. The Bertz CT molecular complexity index is 822. The van der Waals surface area contributed by atoms with Crippen LogP contribution in [0.15, 0.2) is 48.5 Å². The number of rotatable bonds is 6. The average molecular weight is 368 g/mol. The van der Waals surface area contributed by atoms with Gasteiger partial charge < -0.3 is 19.7 Å². The van der Waals surface area contributed by atoms with Crippen LogP contribution < -0.4 is 14.8 Å². The van der Waals surface area contributed by atoms with Gasteiger partial charge in [0, 0.05) is 19.0 Å². The minimum absolute atomic E-state index is 0.0101. The summed E-state index contributed by atoms with van der Waals surface area (Å²) in [4.78, 5) is 27.0. The van der Waals surface area contributed by atoms with E-state index in [-0.39, 0.29) is 24.3 Å². The molecule has 0 aliphatic carbocycles. The second kappa shape index (κ2) is 8.12. The van der Waals surface area contributed by atoms with Crippen LogP contribution >= 0.6 is 0 Å². The largest absolute Gasteiger partial charge is 0.497 e. The van der Waals surface area contributed by atoms with Crippen LogP contribution in [0.5, 0.6) is 11.5 Å². The molecule has 0 aromatic heterocycles. The van der Waals surface area contributed by atoms with E-state index in [0.717, 1.165) is 5.56 Å². The smallest absolute Gasteiger partial charge is 0.229 e. The fourth-order valence-corrected chi connectivity index (χ4v) is 3.34. The molecule has 0 saturated carbocycles. The van der Waals surface area contributed by atoms with Gasteiger partial charge in [0.05, 0.1) is 31.9 Å². The van der Waals surface area contributed by atoms with Crippen molar-refractivity contribution >= 4 is 17.5 Å². The highest BCUT2D eigenvalue weighted by atomic mass is 16.5. The number of carbonyl (C=O) groups is 2. The number of anilines is 1. The first-order valence-corrected chi connectivity index (χ1v) is 8.90. The number of nitrogens with one attached hydrogen (secondary N) is 1. The van der Waals surface area contributed by atoms with Gasteiger partial charge in [0.2, 0.25) is 11.8 Å². The molecule has 3 rings (SSSR count). The zero-order valence-electron chi connectivity index (χ0n) is 15.8. The number of ether oxygens (including phenoxy) is 2. The summed E-state index contributed by atoms with van der Waals surface area (Å²) >= 11 is 0. The molecule has 1 fully saturated rings. The SMILES string of the molecule is COc1ccc(OC)c(NC(=O)[C@@H]2CC(=O)N([C@H](C)c3ccccc3)C2)c1. The Hall–Kier alpha value is -3.02. The summed E-state index contributed by atoms with van der Waals surface area (Å²) in [6.07, 6.45) is 0.204. The maximum absolute atomic E-state index is 12.7. The lowest BCUT2D eigenvalue weighted by atomic mass is 10.1. The summed E-state index contributed by atoms with van der Waals surface area (Å²) in [5.41, 5.74) is 1.59. The number of likely N-dealkylation sites (tertiary alicyclic amines) is 1. The van der Waals surface area contributed by atoms with Gasteiger partial charge in [-0.25, -0.2) is 0 Å². The highest BCUT2D eigenvalue weighted by molar-refractivity contribution is 5.98. The second-order valence-electron chi connectivity index (χ2n) is 6.59. The van der Waals surface area contributed by atoms with E-state index in [1.807, 2.05) is 37.3 Å². The summed E-state index contributed by atoms with van der Waals surface area (Å²) in [5.74, 6) is 0.553. The number of carbonyl (C=O) groups excluding carboxylic acids is 2. The van der Waals surface area contributed by atoms with E-state index in [9.17, 15) is 9.59 Å². The van der Waals surface area contributed by atoms with Crippen molar-refractivity contribution in [3.63, 3.8) is 0 Å². The molecule has 2 amide bonds. The Kier molecular flexibility index (Phi) is 5.64. The van der Waals surface area contributed by atoms with Crippen LogP contribution in [0.1, 0.15) is 24.9 Å². The van der Waals surface area contributed by atoms with Gasteiger partial charge in [-0.2, -0.15) is 0 Å². The van der Waals surface area contributed by atoms with Gasteiger partial charge in [-0.3, -0.25) is 9.59 Å². The Labute approximate surface area is 159 Å². The molecule has 1 aliphatic heterocycles. The van der Waals surface area contributed by atoms with Crippen LogP contribution in [0.2, 0.25) is 0 Å². The Morgan fingerprint density at radius 3 is 2.56 bits per heavy atom. The average Bonchev–Trinajstić information content (AvgIpc) is 3.09. The Morgan fingerprint density at radius 2 is 1.89 bits per heavy atom. The van der Waals surface area contributed by atoms with Gasteiger partial charge in [0.15, 0.2) is 0 Å². The molecule has 1 N–H and O–H groups in total. The topological polar surface area (TPSA) is 67.9 Å². The zero-order valence-corrected chi connectivity index (χ0v) is 15.8. The monoisotopic (exact) mass is 368 g/mol. The van der Waals surface area contributed by atoms with Gasteiger partial charge in [0.25, 0.3) is 0 Å². The van der Waals surface area contributed by atoms with Gasteiger partial charge in [-0.15, -0.1) is 0 Å². The lowest BCUT2D eigenvalue weighted by molar-refractivity contribution is -0.129. The summed E-state index contributed by atoms with van der Waals surface area (Å²) in [6.45, 7) is 2.38. The molecule has 1 saturated heterocycles. The van der Waals surface area contributed by atoms with E-state index in [0.29, 0.717) is 23.7 Å². The predicted molar refractivity (Wildman–Crippen MR) is 103 cm³/mol. The Balaban J connectivity index is 1.71.